The number of carbonyl (C=O) groups excluding carboxylic acids is 3. The predicted molar refractivity (Wildman–Crippen MR) is 106 cm³/mol. The lowest BCUT2D eigenvalue weighted by atomic mass is 9.98. The number of benzene rings is 2. The Labute approximate surface area is 168 Å². The van der Waals surface area contributed by atoms with Crippen LogP contribution in [0.25, 0.3) is 0 Å². The molecule has 6 nitrogen and oxygen atoms in total. The lowest BCUT2D eigenvalue weighted by Crippen LogP contribution is -2.53. The Morgan fingerprint density at radius 1 is 0.929 bits per heavy atom. The van der Waals surface area contributed by atoms with E-state index in [2.05, 4.69) is 4.90 Å². The van der Waals surface area contributed by atoms with Gasteiger partial charge in [0.1, 0.15) is 6.54 Å². The van der Waals surface area contributed by atoms with Crippen molar-refractivity contribution in [2.45, 2.75) is 6.42 Å². The molecule has 2 aromatic rings. The maximum absolute atomic E-state index is 12.7. The average molecular weight is 398 g/mol. The highest BCUT2D eigenvalue weighted by Gasteiger charge is 2.33. The molecule has 1 fully saturated rings. The summed E-state index contributed by atoms with van der Waals surface area (Å²) in [4.78, 5) is 42.6. The monoisotopic (exact) mass is 397 g/mol. The van der Waals surface area contributed by atoms with Crippen LogP contribution in [0.2, 0.25) is 5.02 Å². The molecule has 0 bridgehead atoms. The topological polar surface area (TPSA) is 60.9 Å². The van der Waals surface area contributed by atoms with Crippen LogP contribution in [0.5, 0.6) is 0 Å². The minimum Gasteiger partial charge on any atom is -0.367 e. The fraction of sp³-hybridized carbons (Fsp3) is 0.286. The van der Waals surface area contributed by atoms with Gasteiger partial charge >= 0.3 is 0 Å². The quantitative estimate of drug-likeness (QED) is 0.745. The van der Waals surface area contributed by atoms with E-state index in [4.69, 9.17) is 11.6 Å². The third kappa shape index (κ3) is 3.47. The fourth-order valence-corrected chi connectivity index (χ4v) is 3.96. The van der Waals surface area contributed by atoms with Gasteiger partial charge in [-0.1, -0.05) is 41.9 Å². The summed E-state index contributed by atoms with van der Waals surface area (Å²) in [5.41, 5.74) is 2.17. The number of fused-ring (bicyclic) bond motifs is 1. The zero-order chi connectivity index (χ0) is 19.7. The number of amides is 3. The number of piperazine rings is 1. The van der Waals surface area contributed by atoms with Crippen LogP contribution in [0.15, 0.2) is 48.5 Å². The molecule has 2 aromatic carbocycles. The number of rotatable bonds is 3. The molecule has 0 saturated carbocycles. The maximum atomic E-state index is 12.7. The molecule has 2 aliphatic heterocycles. The molecule has 0 unspecified atom stereocenters. The smallest absolute Gasteiger partial charge is 0.261 e. The van der Waals surface area contributed by atoms with Gasteiger partial charge in [-0.2, -0.15) is 0 Å². The molecule has 1 saturated heterocycles. The van der Waals surface area contributed by atoms with E-state index < -0.39 is 5.91 Å². The molecule has 3 amide bonds. The minimum atomic E-state index is -0.394. The Hall–Kier alpha value is -2.86. The highest BCUT2D eigenvalue weighted by Crippen LogP contribution is 2.26. The van der Waals surface area contributed by atoms with Crippen LogP contribution < -0.4 is 4.90 Å². The van der Waals surface area contributed by atoms with Crippen molar-refractivity contribution < 1.29 is 14.4 Å². The summed E-state index contributed by atoms with van der Waals surface area (Å²) >= 11 is 6.25. The van der Waals surface area contributed by atoms with Gasteiger partial charge in [0.15, 0.2) is 0 Å². The van der Waals surface area contributed by atoms with Crippen LogP contribution >= 0.6 is 11.6 Å². The molecule has 0 aromatic heterocycles. The number of hydrogen-bond donors (Lipinski definition) is 0. The van der Waals surface area contributed by atoms with Gasteiger partial charge in [0.2, 0.25) is 11.8 Å². The Bertz CT molecular complexity index is 938. The zero-order valence-electron chi connectivity index (χ0n) is 15.3. The van der Waals surface area contributed by atoms with Crippen LogP contribution in [0.4, 0.5) is 5.69 Å². The summed E-state index contributed by atoms with van der Waals surface area (Å²) in [7, 11) is 0. The number of carbonyl (C=O) groups is 3. The van der Waals surface area contributed by atoms with E-state index in [0.29, 0.717) is 36.8 Å². The Morgan fingerprint density at radius 3 is 2.36 bits per heavy atom. The molecule has 0 atom stereocenters. The largest absolute Gasteiger partial charge is 0.367 e. The van der Waals surface area contributed by atoms with Gasteiger partial charge in [0, 0.05) is 31.7 Å². The minimum absolute atomic E-state index is 0.148. The zero-order valence-corrected chi connectivity index (χ0v) is 16.1. The second kappa shape index (κ2) is 7.64. The molecule has 144 valence electrons. The number of halogens is 1. The molecule has 0 aliphatic carbocycles. The van der Waals surface area contributed by atoms with Crippen molar-refractivity contribution in [1.82, 2.24) is 9.80 Å². The summed E-state index contributed by atoms with van der Waals surface area (Å²) in [6, 6.07) is 14.7. The lowest BCUT2D eigenvalue weighted by Gasteiger charge is -2.37. The van der Waals surface area contributed by atoms with E-state index in [-0.39, 0.29) is 24.8 Å². The first-order valence-electron chi connectivity index (χ1n) is 9.24. The summed E-state index contributed by atoms with van der Waals surface area (Å²) < 4.78 is 0. The van der Waals surface area contributed by atoms with Crippen molar-refractivity contribution in [3.63, 3.8) is 0 Å². The number of para-hydroxylation sites is 1. The van der Waals surface area contributed by atoms with Crippen molar-refractivity contribution in [2.75, 3.05) is 37.6 Å². The lowest BCUT2D eigenvalue weighted by molar-refractivity contribution is -0.138. The molecule has 0 radical (unpaired) electrons. The number of hydrogen-bond acceptors (Lipinski definition) is 4. The third-order valence-electron chi connectivity index (χ3n) is 5.25. The van der Waals surface area contributed by atoms with Gasteiger partial charge < -0.3 is 9.80 Å². The maximum Gasteiger partial charge on any atom is 0.261 e. The van der Waals surface area contributed by atoms with Crippen molar-refractivity contribution in [3.8, 4) is 0 Å². The molecule has 4 rings (SSSR count). The van der Waals surface area contributed by atoms with Crippen molar-refractivity contribution in [3.05, 3.63) is 64.7 Å². The van der Waals surface area contributed by atoms with E-state index in [1.54, 1.807) is 29.2 Å². The van der Waals surface area contributed by atoms with Gasteiger partial charge in [-0.05, 0) is 23.8 Å². The van der Waals surface area contributed by atoms with Crippen LogP contribution in [0.3, 0.4) is 0 Å². The summed E-state index contributed by atoms with van der Waals surface area (Å²) in [6.07, 6.45) is 0.148. The first-order chi connectivity index (χ1) is 13.5. The van der Waals surface area contributed by atoms with Crippen LogP contribution in [-0.2, 0) is 16.0 Å². The molecular weight excluding hydrogens is 378 g/mol. The summed E-state index contributed by atoms with van der Waals surface area (Å²) in [5, 5.41) is 0.686. The second-order valence-corrected chi connectivity index (χ2v) is 7.35. The van der Waals surface area contributed by atoms with E-state index in [0.717, 1.165) is 16.2 Å². The average Bonchev–Trinajstić information content (AvgIpc) is 2.71. The number of imide groups is 1. The highest BCUT2D eigenvalue weighted by molar-refractivity contribution is 6.33. The van der Waals surface area contributed by atoms with Crippen LogP contribution in [-0.4, -0.2) is 60.2 Å². The van der Waals surface area contributed by atoms with E-state index >= 15 is 0 Å². The van der Waals surface area contributed by atoms with Crippen molar-refractivity contribution in [1.29, 1.82) is 0 Å². The molecule has 2 aliphatic rings. The van der Waals surface area contributed by atoms with E-state index in [1.165, 1.54) is 0 Å². The van der Waals surface area contributed by atoms with Gasteiger partial charge in [-0.3, -0.25) is 19.3 Å². The third-order valence-corrected chi connectivity index (χ3v) is 5.57. The second-order valence-electron chi connectivity index (χ2n) is 6.94. The first kappa shape index (κ1) is 18.5. The number of nitrogens with zero attached hydrogens (tertiary/aromatic N) is 3. The van der Waals surface area contributed by atoms with Gasteiger partial charge in [0.25, 0.3) is 5.91 Å². The van der Waals surface area contributed by atoms with Crippen LogP contribution in [0.1, 0.15) is 15.9 Å². The SMILES string of the molecule is O=C(CN1C(=O)Cc2ccccc2C1=O)N1CCN(c2ccccc2Cl)CC1. The fourth-order valence-electron chi connectivity index (χ4n) is 3.70. The van der Waals surface area contributed by atoms with Gasteiger partial charge in [-0.15, -0.1) is 0 Å². The molecule has 28 heavy (non-hydrogen) atoms. The molecule has 0 spiro atoms. The standard InChI is InChI=1S/C21H20ClN3O3/c22-17-7-3-4-8-18(17)23-9-11-24(12-10-23)20(27)14-25-19(26)13-15-5-1-2-6-16(15)21(25)28/h1-8H,9-14H2. The Morgan fingerprint density at radius 2 is 1.61 bits per heavy atom. The van der Waals surface area contributed by atoms with Gasteiger partial charge in [0.05, 0.1) is 17.1 Å². The van der Waals surface area contributed by atoms with Crippen LogP contribution in [0, 0.1) is 0 Å². The molecular formula is C21H20ClN3O3. The molecule has 7 heteroatoms. The summed E-state index contributed by atoms with van der Waals surface area (Å²) in [6.45, 7) is 2.15. The molecule has 0 N–H and O–H groups in total. The van der Waals surface area contributed by atoms with Crippen molar-refractivity contribution >= 4 is 35.0 Å². The Balaban J connectivity index is 1.39. The Kier molecular flexibility index (Phi) is 5.05. The normalized spacial score (nSPS) is 17.0. The van der Waals surface area contributed by atoms with E-state index in [9.17, 15) is 14.4 Å². The van der Waals surface area contributed by atoms with Gasteiger partial charge in [-0.25, -0.2) is 0 Å². The molecule has 2 heterocycles. The highest BCUT2D eigenvalue weighted by atomic mass is 35.5. The first-order valence-corrected chi connectivity index (χ1v) is 9.62. The van der Waals surface area contributed by atoms with Crippen molar-refractivity contribution in [2.24, 2.45) is 0 Å². The number of anilines is 1. The predicted octanol–water partition coefficient (Wildman–Crippen LogP) is 2.21. The summed E-state index contributed by atoms with van der Waals surface area (Å²) in [5.74, 6) is -0.929. The van der Waals surface area contributed by atoms with E-state index in [1.807, 2.05) is 24.3 Å².